The van der Waals surface area contributed by atoms with E-state index >= 15 is 0 Å². The summed E-state index contributed by atoms with van der Waals surface area (Å²) in [6.45, 7) is 6.21. The molecule has 0 aliphatic rings. The lowest BCUT2D eigenvalue weighted by Crippen LogP contribution is -2.49. The number of furan rings is 1. The van der Waals surface area contributed by atoms with E-state index in [1.165, 1.54) is 6.26 Å². The van der Waals surface area contributed by atoms with Crippen LogP contribution in [0.3, 0.4) is 0 Å². The first-order chi connectivity index (χ1) is 11.0. The molecule has 2 aromatic rings. The molecule has 0 saturated heterocycles. The minimum Gasteiger partial charge on any atom is -0.459 e. The van der Waals surface area contributed by atoms with Gasteiger partial charge in [0.05, 0.1) is 6.26 Å². The molecule has 0 spiro atoms. The highest BCUT2D eigenvalue weighted by atomic mass is 16.3. The van der Waals surface area contributed by atoms with Crippen molar-refractivity contribution in [3.63, 3.8) is 0 Å². The monoisotopic (exact) mass is 314 g/mol. The van der Waals surface area contributed by atoms with Crippen molar-refractivity contribution in [2.75, 3.05) is 0 Å². The Balaban J connectivity index is 1.98. The van der Waals surface area contributed by atoms with Crippen LogP contribution >= 0.6 is 0 Å². The maximum atomic E-state index is 12.4. The number of carbonyl (C=O) groups is 2. The number of rotatable bonds is 6. The van der Waals surface area contributed by atoms with Gasteiger partial charge in [-0.1, -0.05) is 38.1 Å². The van der Waals surface area contributed by atoms with Crippen LogP contribution in [0.4, 0.5) is 0 Å². The topological polar surface area (TPSA) is 71.3 Å². The van der Waals surface area contributed by atoms with E-state index in [1.807, 2.05) is 45.0 Å². The molecule has 0 bridgehead atoms. The van der Waals surface area contributed by atoms with Gasteiger partial charge in [-0.2, -0.15) is 0 Å². The summed E-state index contributed by atoms with van der Waals surface area (Å²) in [5.74, 6) is -0.434. The molecule has 0 aliphatic heterocycles. The standard InChI is InChI=1S/C18H22N2O3/c1-12(2)16(20-17(21)15-9-6-10-23-15)18(22)19-11-14-8-5-4-7-13(14)3/h4-10,12,16H,11H2,1-3H3,(H,19,22)(H,20,21). The molecule has 1 aromatic heterocycles. The molecule has 2 amide bonds. The fourth-order valence-electron chi connectivity index (χ4n) is 2.26. The van der Waals surface area contributed by atoms with Crippen molar-refractivity contribution in [3.8, 4) is 0 Å². The van der Waals surface area contributed by atoms with Crippen molar-refractivity contribution in [2.45, 2.75) is 33.4 Å². The van der Waals surface area contributed by atoms with E-state index in [1.54, 1.807) is 12.1 Å². The summed E-state index contributed by atoms with van der Waals surface area (Å²) in [7, 11) is 0. The first kappa shape index (κ1) is 16.8. The Morgan fingerprint density at radius 3 is 2.48 bits per heavy atom. The van der Waals surface area contributed by atoms with Crippen molar-refractivity contribution < 1.29 is 14.0 Å². The van der Waals surface area contributed by atoms with Crippen LogP contribution in [-0.2, 0) is 11.3 Å². The highest BCUT2D eigenvalue weighted by molar-refractivity contribution is 5.95. The van der Waals surface area contributed by atoms with Gasteiger partial charge in [0, 0.05) is 6.54 Å². The Morgan fingerprint density at radius 2 is 1.87 bits per heavy atom. The average molecular weight is 314 g/mol. The molecule has 2 rings (SSSR count). The van der Waals surface area contributed by atoms with Crippen LogP contribution in [0.25, 0.3) is 0 Å². The van der Waals surface area contributed by atoms with Gasteiger partial charge >= 0.3 is 0 Å². The maximum absolute atomic E-state index is 12.4. The van der Waals surface area contributed by atoms with E-state index in [0.717, 1.165) is 11.1 Å². The van der Waals surface area contributed by atoms with Gasteiger partial charge < -0.3 is 15.1 Å². The molecule has 5 nitrogen and oxygen atoms in total. The third kappa shape index (κ3) is 4.45. The maximum Gasteiger partial charge on any atom is 0.287 e. The van der Waals surface area contributed by atoms with Gasteiger partial charge in [-0.15, -0.1) is 0 Å². The molecule has 1 unspecified atom stereocenters. The van der Waals surface area contributed by atoms with Crippen LogP contribution in [0.15, 0.2) is 47.1 Å². The fourth-order valence-corrected chi connectivity index (χ4v) is 2.26. The molecule has 1 atom stereocenters. The van der Waals surface area contributed by atoms with E-state index in [2.05, 4.69) is 10.6 Å². The molecule has 2 N–H and O–H groups in total. The zero-order chi connectivity index (χ0) is 16.8. The van der Waals surface area contributed by atoms with Crippen molar-refractivity contribution in [3.05, 3.63) is 59.5 Å². The smallest absolute Gasteiger partial charge is 0.287 e. The fraction of sp³-hybridized carbons (Fsp3) is 0.333. The molecule has 0 radical (unpaired) electrons. The Kier molecular flexibility index (Phi) is 5.57. The largest absolute Gasteiger partial charge is 0.459 e. The summed E-state index contributed by atoms with van der Waals surface area (Å²) in [5.41, 5.74) is 2.18. The van der Waals surface area contributed by atoms with Gasteiger partial charge in [0.15, 0.2) is 5.76 Å². The van der Waals surface area contributed by atoms with Crippen molar-refractivity contribution in [1.82, 2.24) is 10.6 Å². The number of nitrogens with one attached hydrogen (secondary N) is 2. The van der Waals surface area contributed by atoms with Crippen LogP contribution in [0.5, 0.6) is 0 Å². The lowest BCUT2D eigenvalue weighted by atomic mass is 10.0. The summed E-state index contributed by atoms with van der Waals surface area (Å²) in [5, 5.41) is 5.61. The Morgan fingerprint density at radius 1 is 1.13 bits per heavy atom. The van der Waals surface area contributed by atoms with E-state index in [0.29, 0.717) is 6.54 Å². The quantitative estimate of drug-likeness (QED) is 0.861. The molecule has 23 heavy (non-hydrogen) atoms. The van der Waals surface area contributed by atoms with Gasteiger partial charge in [-0.25, -0.2) is 0 Å². The van der Waals surface area contributed by atoms with E-state index in [9.17, 15) is 9.59 Å². The summed E-state index contributed by atoms with van der Waals surface area (Å²) >= 11 is 0. The molecule has 0 fully saturated rings. The molecular weight excluding hydrogens is 292 g/mol. The predicted molar refractivity (Wildman–Crippen MR) is 87.8 cm³/mol. The normalized spacial score (nSPS) is 12.0. The summed E-state index contributed by atoms with van der Waals surface area (Å²) in [6.07, 6.45) is 1.43. The number of amides is 2. The van der Waals surface area contributed by atoms with Gasteiger partial charge in [-0.05, 0) is 36.1 Å². The van der Waals surface area contributed by atoms with E-state index in [4.69, 9.17) is 4.42 Å². The second-order valence-electron chi connectivity index (χ2n) is 5.82. The van der Waals surface area contributed by atoms with Crippen LogP contribution in [0, 0.1) is 12.8 Å². The van der Waals surface area contributed by atoms with Gasteiger partial charge in [0.25, 0.3) is 5.91 Å². The zero-order valence-electron chi connectivity index (χ0n) is 13.6. The number of aryl methyl sites for hydroxylation is 1. The molecule has 5 heteroatoms. The minimum absolute atomic E-state index is 0.0363. The molecule has 0 aliphatic carbocycles. The van der Waals surface area contributed by atoms with Crippen molar-refractivity contribution >= 4 is 11.8 Å². The van der Waals surface area contributed by atoms with E-state index in [-0.39, 0.29) is 23.5 Å². The summed E-state index contributed by atoms with van der Waals surface area (Å²) in [4.78, 5) is 24.5. The lowest BCUT2D eigenvalue weighted by Gasteiger charge is -2.21. The molecule has 122 valence electrons. The number of hydrogen-bond donors (Lipinski definition) is 2. The number of carbonyl (C=O) groups excluding carboxylic acids is 2. The second kappa shape index (κ2) is 7.63. The lowest BCUT2D eigenvalue weighted by molar-refractivity contribution is -0.124. The Bertz CT molecular complexity index is 663. The molecule has 1 heterocycles. The van der Waals surface area contributed by atoms with E-state index < -0.39 is 6.04 Å². The number of benzene rings is 1. The second-order valence-corrected chi connectivity index (χ2v) is 5.82. The van der Waals surface area contributed by atoms with Crippen LogP contribution in [-0.4, -0.2) is 17.9 Å². The van der Waals surface area contributed by atoms with Crippen LogP contribution in [0.2, 0.25) is 0 Å². The Hall–Kier alpha value is -2.56. The predicted octanol–water partition coefficient (Wildman–Crippen LogP) is 2.66. The summed E-state index contributed by atoms with van der Waals surface area (Å²) < 4.78 is 5.06. The third-order valence-electron chi connectivity index (χ3n) is 3.70. The highest BCUT2D eigenvalue weighted by Crippen LogP contribution is 2.09. The van der Waals surface area contributed by atoms with Crippen molar-refractivity contribution in [1.29, 1.82) is 0 Å². The molecular formula is C18H22N2O3. The third-order valence-corrected chi connectivity index (χ3v) is 3.70. The minimum atomic E-state index is -0.614. The van der Waals surface area contributed by atoms with Gasteiger partial charge in [0.1, 0.15) is 6.04 Å². The first-order valence-corrected chi connectivity index (χ1v) is 7.65. The van der Waals surface area contributed by atoms with Crippen molar-refractivity contribution in [2.24, 2.45) is 5.92 Å². The van der Waals surface area contributed by atoms with Gasteiger partial charge in [-0.3, -0.25) is 9.59 Å². The van der Waals surface area contributed by atoms with Crippen LogP contribution in [0.1, 0.15) is 35.5 Å². The molecule has 1 aromatic carbocycles. The van der Waals surface area contributed by atoms with Crippen LogP contribution < -0.4 is 10.6 Å². The number of hydrogen-bond acceptors (Lipinski definition) is 3. The molecule has 0 saturated carbocycles. The average Bonchev–Trinajstić information content (AvgIpc) is 3.05. The van der Waals surface area contributed by atoms with Gasteiger partial charge in [0.2, 0.25) is 5.91 Å². The first-order valence-electron chi connectivity index (χ1n) is 7.65. The SMILES string of the molecule is Cc1ccccc1CNC(=O)C(NC(=O)c1ccco1)C(C)C. The zero-order valence-corrected chi connectivity index (χ0v) is 13.6. The highest BCUT2D eigenvalue weighted by Gasteiger charge is 2.25. The Labute approximate surface area is 136 Å². The summed E-state index contributed by atoms with van der Waals surface area (Å²) in [6, 6.07) is 10.5.